The zero-order valence-corrected chi connectivity index (χ0v) is 11.7. The van der Waals surface area contributed by atoms with E-state index in [9.17, 15) is 0 Å². The van der Waals surface area contributed by atoms with Crippen LogP contribution in [-0.4, -0.2) is 15.0 Å². The molecule has 0 radical (unpaired) electrons. The molecule has 0 unspecified atom stereocenters. The summed E-state index contributed by atoms with van der Waals surface area (Å²) in [5.41, 5.74) is 5.51. The number of nitrogens with zero attached hydrogens (tertiary/aromatic N) is 2. The summed E-state index contributed by atoms with van der Waals surface area (Å²) in [7, 11) is 0. The Balaban J connectivity index is 2.08. The average molecular weight is 263 g/mol. The normalized spacial score (nSPS) is 12.5. The van der Waals surface area contributed by atoms with Crippen LogP contribution in [0.1, 0.15) is 35.4 Å². The first-order valence-electron chi connectivity index (χ1n) is 6.71. The third kappa shape index (κ3) is 2.11. The van der Waals surface area contributed by atoms with Gasteiger partial charge in [0.05, 0.1) is 17.5 Å². The van der Waals surface area contributed by atoms with Crippen LogP contribution in [0.25, 0.3) is 17.0 Å². The first kappa shape index (κ1) is 12.6. The van der Waals surface area contributed by atoms with E-state index >= 15 is 0 Å². The molecule has 3 nitrogen and oxygen atoms in total. The lowest BCUT2D eigenvalue weighted by Crippen LogP contribution is -1.99. The van der Waals surface area contributed by atoms with Gasteiger partial charge in [0, 0.05) is 23.2 Å². The molecular weight excluding hydrogens is 246 g/mol. The van der Waals surface area contributed by atoms with Crippen LogP contribution in [0.15, 0.2) is 43.4 Å². The highest BCUT2D eigenvalue weighted by Gasteiger charge is 2.13. The van der Waals surface area contributed by atoms with Gasteiger partial charge in [-0.05, 0) is 36.2 Å². The number of nitrogens with one attached hydrogen (secondary N) is 1. The summed E-state index contributed by atoms with van der Waals surface area (Å²) in [5.74, 6) is 0.262. The predicted molar refractivity (Wildman–Crippen MR) is 82.7 cm³/mol. The minimum absolute atomic E-state index is 0.262. The van der Waals surface area contributed by atoms with Crippen LogP contribution in [0.3, 0.4) is 0 Å². The van der Waals surface area contributed by atoms with Crippen molar-refractivity contribution >= 4 is 17.0 Å². The number of hydrogen-bond acceptors (Lipinski definition) is 2. The molecule has 0 fully saturated rings. The van der Waals surface area contributed by atoms with E-state index in [-0.39, 0.29) is 5.92 Å². The average Bonchev–Trinajstić information content (AvgIpc) is 2.91. The molecular formula is C17H17N3. The quantitative estimate of drug-likeness (QED) is 0.774. The molecule has 20 heavy (non-hydrogen) atoms. The summed E-state index contributed by atoms with van der Waals surface area (Å²) in [5, 5.41) is 1.14. The van der Waals surface area contributed by atoms with E-state index in [4.69, 9.17) is 0 Å². The van der Waals surface area contributed by atoms with Gasteiger partial charge in [0.15, 0.2) is 0 Å². The van der Waals surface area contributed by atoms with Crippen molar-refractivity contribution in [3.8, 4) is 0 Å². The van der Waals surface area contributed by atoms with Gasteiger partial charge in [0.2, 0.25) is 0 Å². The highest BCUT2D eigenvalue weighted by Crippen LogP contribution is 2.27. The molecule has 3 rings (SSSR count). The molecule has 0 saturated carbocycles. The van der Waals surface area contributed by atoms with Crippen molar-refractivity contribution in [1.82, 2.24) is 15.0 Å². The number of fused-ring (bicyclic) bond motifs is 1. The Morgan fingerprint density at radius 2 is 2.10 bits per heavy atom. The number of aromatic nitrogens is 3. The number of aromatic amines is 1. The van der Waals surface area contributed by atoms with E-state index in [0.717, 1.165) is 27.9 Å². The third-order valence-corrected chi connectivity index (χ3v) is 3.74. The maximum absolute atomic E-state index is 4.44. The Hall–Kier alpha value is -2.42. The Morgan fingerprint density at radius 1 is 1.25 bits per heavy atom. The fourth-order valence-electron chi connectivity index (χ4n) is 2.51. The molecule has 0 aliphatic rings. The van der Waals surface area contributed by atoms with Gasteiger partial charge in [-0.2, -0.15) is 0 Å². The number of imidazole rings is 1. The predicted octanol–water partition coefficient (Wildman–Crippen LogP) is 4.06. The van der Waals surface area contributed by atoms with Crippen molar-refractivity contribution < 1.29 is 0 Å². The van der Waals surface area contributed by atoms with Crippen LogP contribution in [0.2, 0.25) is 0 Å². The van der Waals surface area contributed by atoms with Crippen LogP contribution in [0.4, 0.5) is 0 Å². The topological polar surface area (TPSA) is 41.6 Å². The minimum atomic E-state index is 0.262. The van der Waals surface area contributed by atoms with Crippen LogP contribution < -0.4 is 0 Å². The van der Waals surface area contributed by atoms with E-state index in [0.29, 0.717) is 0 Å². The largest absolute Gasteiger partial charge is 0.348 e. The monoisotopic (exact) mass is 263 g/mol. The Kier molecular flexibility index (Phi) is 3.11. The smallest absolute Gasteiger partial charge is 0.0925 e. The number of aryl methyl sites for hydroxylation is 1. The van der Waals surface area contributed by atoms with Crippen molar-refractivity contribution in [2.24, 2.45) is 0 Å². The van der Waals surface area contributed by atoms with Crippen molar-refractivity contribution in [2.45, 2.75) is 19.8 Å². The lowest BCUT2D eigenvalue weighted by molar-refractivity contribution is 0.873. The summed E-state index contributed by atoms with van der Waals surface area (Å²) >= 11 is 0. The zero-order chi connectivity index (χ0) is 14.1. The van der Waals surface area contributed by atoms with Crippen molar-refractivity contribution in [3.63, 3.8) is 0 Å². The second kappa shape index (κ2) is 4.93. The molecule has 0 amide bonds. The lowest BCUT2D eigenvalue weighted by Gasteiger charge is -2.11. The number of H-pyrrole nitrogens is 1. The molecule has 1 N–H and O–H groups in total. The molecule has 0 saturated heterocycles. The van der Waals surface area contributed by atoms with Gasteiger partial charge in [0.1, 0.15) is 0 Å². The van der Waals surface area contributed by atoms with Crippen LogP contribution in [-0.2, 0) is 0 Å². The number of hydrogen-bond donors (Lipinski definition) is 1. The molecule has 0 aliphatic heterocycles. The van der Waals surface area contributed by atoms with E-state index in [1.54, 1.807) is 6.33 Å². The van der Waals surface area contributed by atoms with Gasteiger partial charge in [0.25, 0.3) is 0 Å². The highest BCUT2D eigenvalue weighted by atomic mass is 14.9. The number of pyridine rings is 1. The molecule has 1 aromatic carbocycles. The summed E-state index contributed by atoms with van der Waals surface area (Å²) in [6, 6.07) is 8.49. The Bertz CT molecular complexity index is 771. The van der Waals surface area contributed by atoms with Crippen LogP contribution in [0, 0.1) is 6.92 Å². The molecule has 1 atom stereocenters. The van der Waals surface area contributed by atoms with E-state index in [1.807, 2.05) is 12.3 Å². The van der Waals surface area contributed by atoms with Gasteiger partial charge in [-0.25, -0.2) is 4.98 Å². The first-order valence-corrected chi connectivity index (χ1v) is 6.71. The molecule has 2 aromatic heterocycles. The fraction of sp³-hybridized carbons (Fsp3) is 0.176. The van der Waals surface area contributed by atoms with Crippen LogP contribution >= 0.6 is 0 Å². The molecule has 3 aromatic rings. The van der Waals surface area contributed by atoms with E-state index in [1.165, 1.54) is 5.56 Å². The first-order chi connectivity index (χ1) is 9.69. The summed E-state index contributed by atoms with van der Waals surface area (Å²) in [4.78, 5) is 12.0. The number of rotatable bonds is 3. The second-order valence-electron chi connectivity index (χ2n) is 5.06. The molecule has 3 heteroatoms. The fourth-order valence-corrected chi connectivity index (χ4v) is 2.51. The summed E-state index contributed by atoms with van der Waals surface area (Å²) in [6.07, 6.45) is 5.41. The van der Waals surface area contributed by atoms with Crippen molar-refractivity contribution in [1.29, 1.82) is 0 Å². The zero-order valence-electron chi connectivity index (χ0n) is 11.7. The minimum Gasteiger partial charge on any atom is -0.348 e. The molecule has 100 valence electrons. The molecule has 2 heterocycles. The van der Waals surface area contributed by atoms with Crippen molar-refractivity contribution in [3.05, 3.63) is 65.9 Å². The van der Waals surface area contributed by atoms with Crippen molar-refractivity contribution in [2.75, 3.05) is 0 Å². The van der Waals surface area contributed by atoms with Gasteiger partial charge < -0.3 is 4.98 Å². The summed E-state index contributed by atoms with van der Waals surface area (Å²) < 4.78 is 0. The Morgan fingerprint density at radius 3 is 2.80 bits per heavy atom. The standard InChI is InChI=1S/C17H17N3/c1-4-13-7-15-8-14(5-6-16(15)18-9-13)11(2)17-12(3)19-10-20-17/h4-11H,1H2,2-3H3,(H,19,20)/t11-/m0/s1. The summed E-state index contributed by atoms with van der Waals surface area (Å²) in [6.45, 7) is 8.02. The third-order valence-electron chi connectivity index (χ3n) is 3.74. The lowest BCUT2D eigenvalue weighted by atomic mass is 9.95. The molecule has 0 spiro atoms. The van der Waals surface area contributed by atoms with Gasteiger partial charge in [-0.1, -0.05) is 25.6 Å². The van der Waals surface area contributed by atoms with Gasteiger partial charge in [-0.15, -0.1) is 0 Å². The van der Waals surface area contributed by atoms with Gasteiger partial charge >= 0.3 is 0 Å². The molecule has 0 aliphatic carbocycles. The number of benzene rings is 1. The Labute approximate surface area is 118 Å². The second-order valence-corrected chi connectivity index (χ2v) is 5.06. The SMILES string of the molecule is C=Cc1cnc2ccc([C@H](C)c3nc[nH]c3C)cc2c1. The van der Waals surface area contributed by atoms with Crippen LogP contribution in [0.5, 0.6) is 0 Å². The molecule has 0 bridgehead atoms. The van der Waals surface area contributed by atoms with Gasteiger partial charge in [-0.3, -0.25) is 4.98 Å². The van der Waals surface area contributed by atoms with E-state index < -0.39 is 0 Å². The highest BCUT2D eigenvalue weighted by molar-refractivity contribution is 5.81. The maximum atomic E-state index is 4.44. The van der Waals surface area contributed by atoms with E-state index in [2.05, 4.69) is 59.6 Å². The maximum Gasteiger partial charge on any atom is 0.0925 e.